The molecule has 0 radical (unpaired) electrons. The molecule has 21 heavy (non-hydrogen) atoms. The summed E-state index contributed by atoms with van der Waals surface area (Å²) in [6, 6.07) is 8.28. The van der Waals surface area contributed by atoms with Crippen molar-refractivity contribution in [1.29, 1.82) is 0 Å². The van der Waals surface area contributed by atoms with Gasteiger partial charge >= 0.3 is 0 Å². The third-order valence-electron chi connectivity index (χ3n) is 3.81. The number of carbonyl (C=O) groups excluding carboxylic acids is 2. The van der Waals surface area contributed by atoms with Crippen LogP contribution in [0.2, 0.25) is 0 Å². The highest BCUT2D eigenvalue weighted by atomic mass is 32.2. The Labute approximate surface area is 127 Å². The van der Waals surface area contributed by atoms with Crippen LogP contribution in [0.4, 0.5) is 0 Å². The number of nitrogens with zero attached hydrogens (tertiary/aromatic N) is 1. The van der Waals surface area contributed by atoms with Crippen LogP contribution in [-0.2, 0) is 16.1 Å². The van der Waals surface area contributed by atoms with Gasteiger partial charge in [0.2, 0.25) is 5.91 Å². The van der Waals surface area contributed by atoms with Gasteiger partial charge in [0.25, 0.3) is 0 Å². The molecule has 2 aromatic rings. The number of carbonyl (C=O) groups is 2. The Balaban J connectivity index is 1.64. The molecule has 5 heteroatoms. The molecule has 1 amide bonds. The van der Waals surface area contributed by atoms with Gasteiger partial charge < -0.3 is 9.88 Å². The second-order valence-electron chi connectivity index (χ2n) is 5.55. The quantitative estimate of drug-likeness (QED) is 0.945. The molecule has 1 saturated heterocycles. The maximum Gasteiger partial charge on any atom is 0.223 e. The van der Waals surface area contributed by atoms with Gasteiger partial charge in [0.15, 0.2) is 5.12 Å². The molecular formula is C16H18N2O2S. The van der Waals surface area contributed by atoms with E-state index in [-0.39, 0.29) is 11.0 Å². The van der Waals surface area contributed by atoms with Crippen LogP contribution in [0.3, 0.4) is 0 Å². The van der Waals surface area contributed by atoms with E-state index in [1.807, 2.05) is 17.2 Å². The second kappa shape index (κ2) is 5.93. The van der Waals surface area contributed by atoms with Crippen molar-refractivity contribution in [1.82, 2.24) is 9.88 Å². The first-order valence-corrected chi connectivity index (χ1v) is 8.07. The summed E-state index contributed by atoms with van der Waals surface area (Å²) >= 11 is 1.32. The van der Waals surface area contributed by atoms with Crippen molar-refractivity contribution in [3.8, 4) is 0 Å². The molecule has 1 unspecified atom stereocenters. The highest BCUT2D eigenvalue weighted by Crippen LogP contribution is 2.24. The van der Waals surface area contributed by atoms with Gasteiger partial charge in [-0.05, 0) is 29.0 Å². The Bertz CT molecular complexity index is 680. The van der Waals surface area contributed by atoms with E-state index in [9.17, 15) is 9.59 Å². The first kappa shape index (κ1) is 14.2. The molecule has 0 spiro atoms. The van der Waals surface area contributed by atoms with E-state index in [0.29, 0.717) is 18.9 Å². The lowest BCUT2D eigenvalue weighted by atomic mass is 10.1. The Morgan fingerprint density at radius 2 is 2.29 bits per heavy atom. The van der Waals surface area contributed by atoms with Crippen LogP contribution >= 0.6 is 11.8 Å². The highest BCUT2D eigenvalue weighted by molar-refractivity contribution is 8.13. The molecule has 0 aliphatic carbocycles. The number of thioether (sulfide) groups is 1. The van der Waals surface area contributed by atoms with Crippen molar-refractivity contribution in [3.63, 3.8) is 0 Å². The Hall–Kier alpha value is -1.75. The van der Waals surface area contributed by atoms with E-state index in [0.717, 1.165) is 23.4 Å². The molecular weight excluding hydrogens is 284 g/mol. The number of aromatic nitrogens is 1. The summed E-state index contributed by atoms with van der Waals surface area (Å²) in [7, 11) is 0. The smallest absolute Gasteiger partial charge is 0.223 e. The van der Waals surface area contributed by atoms with Gasteiger partial charge in [-0.3, -0.25) is 9.59 Å². The van der Waals surface area contributed by atoms with Crippen LogP contribution in [0, 0.1) is 5.92 Å². The van der Waals surface area contributed by atoms with E-state index < -0.39 is 0 Å². The number of amides is 1. The molecule has 1 aliphatic rings. The number of fused-ring (bicyclic) bond motifs is 1. The summed E-state index contributed by atoms with van der Waals surface area (Å²) in [5.74, 6) is 1.23. The molecule has 1 aromatic carbocycles. The van der Waals surface area contributed by atoms with Gasteiger partial charge in [0.05, 0.1) is 0 Å². The summed E-state index contributed by atoms with van der Waals surface area (Å²) < 4.78 is 0. The normalized spacial score (nSPS) is 18.6. The predicted octanol–water partition coefficient (Wildman–Crippen LogP) is 2.80. The topological polar surface area (TPSA) is 53.2 Å². The molecule has 1 aromatic heterocycles. The zero-order valence-corrected chi connectivity index (χ0v) is 12.8. The van der Waals surface area contributed by atoms with Crippen molar-refractivity contribution in [3.05, 3.63) is 36.0 Å². The molecule has 2 heterocycles. The zero-order chi connectivity index (χ0) is 14.8. The Morgan fingerprint density at radius 1 is 1.43 bits per heavy atom. The number of aromatic amines is 1. The molecule has 4 nitrogen and oxygen atoms in total. The molecule has 110 valence electrons. The number of H-pyrrole nitrogens is 1. The van der Waals surface area contributed by atoms with Crippen LogP contribution in [0.5, 0.6) is 0 Å². The lowest BCUT2D eigenvalue weighted by Gasteiger charge is -2.16. The van der Waals surface area contributed by atoms with Gasteiger partial charge in [-0.1, -0.05) is 23.9 Å². The predicted molar refractivity (Wildman–Crippen MR) is 85.0 cm³/mol. The molecule has 1 atom stereocenters. The van der Waals surface area contributed by atoms with E-state index in [2.05, 4.69) is 23.2 Å². The fourth-order valence-corrected chi connectivity index (χ4v) is 3.46. The fraction of sp³-hybridized carbons (Fsp3) is 0.375. The van der Waals surface area contributed by atoms with Gasteiger partial charge in [-0.2, -0.15) is 0 Å². The monoisotopic (exact) mass is 302 g/mol. The van der Waals surface area contributed by atoms with Crippen molar-refractivity contribution < 1.29 is 9.59 Å². The minimum atomic E-state index is 0.123. The fourth-order valence-electron chi connectivity index (χ4n) is 2.77. The van der Waals surface area contributed by atoms with Gasteiger partial charge in [-0.25, -0.2) is 0 Å². The van der Waals surface area contributed by atoms with Gasteiger partial charge in [0, 0.05) is 43.9 Å². The Morgan fingerprint density at radius 3 is 3.10 bits per heavy atom. The summed E-state index contributed by atoms with van der Waals surface area (Å²) in [5.41, 5.74) is 2.24. The summed E-state index contributed by atoms with van der Waals surface area (Å²) in [4.78, 5) is 28.2. The zero-order valence-electron chi connectivity index (χ0n) is 12.0. The molecule has 0 saturated carbocycles. The summed E-state index contributed by atoms with van der Waals surface area (Å²) in [6.45, 7) is 2.97. The van der Waals surface area contributed by atoms with Crippen LogP contribution < -0.4 is 0 Å². The van der Waals surface area contributed by atoms with Crippen LogP contribution in [-0.4, -0.2) is 33.2 Å². The molecule has 1 N–H and O–H groups in total. The first-order chi connectivity index (χ1) is 10.1. The van der Waals surface area contributed by atoms with Crippen molar-refractivity contribution in [2.45, 2.75) is 19.9 Å². The SMILES string of the molecule is CC(=O)SCC1CC(=O)N(Cc2ccc3cc[nH]c3c2)C1. The largest absolute Gasteiger partial charge is 0.361 e. The van der Waals surface area contributed by atoms with Gasteiger partial charge in [0.1, 0.15) is 0 Å². The van der Waals surface area contributed by atoms with Crippen molar-refractivity contribution in [2.24, 2.45) is 5.92 Å². The maximum absolute atomic E-state index is 12.1. The molecule has 1 aliphatic heterocycles. The average molecular weight is 302 g/mol. The second-order valence-corrected chi connectivity index (χ2v) is 6.74. The maximum atomic E-state index is 12.1. The summed E-state index contributed by atoms with van der Waals surface area (Å²) in [5, 5.41) is 1.31. The lowest BCUT2D eigenvalue weighted by molar-refractivity contribution is -0.128. The number of hydrogen-bond acceptors (Lipinski definition) is 3. The van der Waals surface area contributed by atoms with E-state index >= 15 is 0 Å². The minimum Gasteiger partial charge on any atom is -0.361 e. The number of rotatable bonds is 4. The number of likely N-dealkylation sites (tertiary alicyclic amines) is 1. The van der Waals surface area contributed by atoms with Crippen LogP contribution in [0.15, 0.2) is 30.5 Å². The number of nitrogens with one attached hydrogen (secondary N) is 1. The highest BCUT2D eigenvalue weighted by Gasteiger charge is 2.29. The van der Waals surface area contributed by atoms with E-state index in [1.165, 1.54) is 17.1 Å². The Kier molecular flexibility index (Phi) is 4.01. The van der Waals surface area contributed by atoms with Gasteiger partial charge in [-0.15, -0.1) is 0 Å². The third-order valence-corrected chi connectivity index (χ3v) is 4.85. The molecule has 3 rings (SSSR count). The van der Waals surface area contributed by atoms with Crippen molar-refractivity contribution >= 4 is 33.7 Å². The molecule has 0 bridgehead atoms. The van der Waals surface area contributed by atoms with Crippen LogP contribution in [0.1, 0.15) is 18.9 Å². The standard InChI is InChI=1S/C16H18N2O2S/c1-11(19)21-10-13-7-16(20)18(9-13)8-12-2-3-14-4-5-17-15(14)6-12/h2-6,13,17H,7-10H2,1H3. The van der Waals surface area contributed by atoms with Crippen molar-refractivity contribution in [2.75, 3.05) is 12.3 Å². The van der Waals surface area contributed by atoms with Crippen LogP contribution in [0.25, 0.3) is 10.9 Å². The van der Waals surface area contributed by atoms with E-state index in [1.54, 1.807) is 6.92 Å². The number of benzene rings is 1. The minimum absolute atomic E-state index is 0.123. The third kappa shape index (κ3) is 3.29. The average Bonchev–Trinajstić information content (AvgIpc) is 3.03. The molecule has 1 fully saturated rings. The summed E-state index contributed by atoms with van der Waals surface area (Å²) in [6.07, 6.45) is 2.48. The first-order valence-electron chi connectivity index (χ1n) is 7.09. The number of hydrogen-bond donors (Lipinski definition) is 1. The lowest BCUT2D eigenvalue weighted by Crippen LogP contribution is -2.24. The van der Waals surface area contributed by atoms with E-state index in [4.69, 9.17) is 0 Å².